The first kappa shape index (κ1) is 45.5. The second-order valence-electron chi connectivity index (χ2n) is 15.7. The van der Waals surface area contributed by atoms with Gasteiger partial charge in [-0.3, -0.25) is 9.59 Å². The molecule has 0 saturated carbocycles. The fraction of sp³-hybridized carbons (Fsp3) is 0.309. The molecule has 0 spiro atoms. The molecule has 0 aliphatic rings. The second-order valence-corrected chi connectivity index (χ2v) is 18.3. The molecular weight excluding hydrogens is 787 g/mol. The van der Waals surface area contributed by atoms with Crippen molar-refractivity contribution in [1.82, 2.24) is 4.90 Å². The molecule has 0 aliphatic carbocycles. The van der Waals surface area contributed by atoms with Crippen LogP contribution in [0.4, 0.5) is 0 Å². The first-order valence-electron chi connectivity index (χ1n) is 22.1. The van der Waals surface area contributed by atoms with Gasteiger partial charge in [0.05, 0.1) is 9.49 Å². The van der Waals surface area contributed by atoms with Crippen LogP contribution in [0.5, 0.6) is 0 Å². The maximum absolute atomic E-state index is 13.4. The number of thioether (sulfide) groups is 2. The summed E-state index contributed by atoms with van der Waals surface area (Å²) >= 11 is 4.02. The normalized spacial score (nSPS) is 11.6. The number of hydrogen-bond donors (Lipinski definition) is 1. The molecule has 0 atom stereocenters. The number of amides is 1. The lowest BCUT2D eigenvalue weighted by atomic mass is 9.84. The van der Waals surface area contributed by atoms with Gasteiger partial charge in [0.2, 0.25) is 5.91 Å². The lowest BCUT2D eigenvalue weighted by Gasteiger charge is -2.35. The average Bonchev–Trinajstić information content (AvgIpc) is 3.32. The largest absolute Gasteiger partial charge is 0.481 e. The molecule has 0 saturated heterocycles. The van der Waals surface area contributed by atoms with E-state index in [1.54, 1.807) is 0 Å². The summed E-state index contributed by atoms with van der Waals surface area (Å²) in [5.74, 6) is 1.27. The average molecular weight is 848 g/mol. The highest BCUT2D eigenvalue weighted by Gasteiger charge is 2.37. The highest BCUT2D eigenvalue weighted by Crippen LogP contribution is 2.50. The molecule has 6 aromatic rings. The molecule has 0 aliphatic heterocycles. The van der Waals surface area contributed by atoms with Crippen molar-refractivity contribution in [2.45, 2.75) is 80.1 Å². The Bertz CT molecular complexity index is 1800. The minimum absolute atomic E-state index is 0.0295. The van der Waals surface area contributed by atoms with Gasteiger partial charge in [-0.25, -0.2) is 0 Å². The molecule has 1 N–H and O–H groups in total. The number of rotatable bonds is 26. The van der Waals surface area contributed by atoms with E-state index in [1.807, 2.05) is 28.4 Å². The van der Waals surface area contributed by atoms with Crippen LogP contribution < -0.4 is 0 Å². The first-order valence-corrected chi connectivity index (χ1v) is 24.1. The highest BCUT2D eigenvalue weighted by atomic mass is 32.2. The molecule has 6 aromatic carbocycles. The zero-order valence-corrected chi connectivity index (χ0v) is 37.1. The molecule has 0 unspecified atom stereocenters. The standard InChI is InChI=1S/C55H61NO3S2/c57-52(40-27-41-53(58)59)56(42-23-1-3-25-44-60-54(46-28-11-5-12-29-46,47-30-13-6-14-31-47)48-32-15-7-16-33-48)43-24-2-4-26-45-61-55(49-34-17-8-18-35-49,50-36-19-9-20-37-50)51-38-21-10-22-39-51/h5-22,28-39H,1-4,23-27,40-45H2,(H,58,59). The van der Waals surface area contributed by atoms with Gasteiger partial charge in [-0.15, -0.1) is 23.5 Å². The molecule has 316 valence electrons. The molecule has 0 fully saturated rings. The van der Waals surface area contributed by atoms with E-state index in [1.165, 1.54) is 33.4 Å². The Balaban J connectivity index is 1.01. The van der Waals surface area contributed by atoms with Crippen molar-refractivity contribution in [3.8, 4) is 0 Å². The minimum atomic E-state index is -0.846. The molecule has 6 rings (SSSR count). The van der Waals surface area contributed by atoms with Crippen molar-refractivity contribution in [3.05, 3.63) is 215 Å². The number of unbranched alkanes of at least 4 members (excludes halogenated alkanes) is 6. The fourth-order valence-electron chi connectivity index (χ4n) is 8.41. The van der Waals surface area contributed by atoms with Crippen LogP contribution in [-0.2, 0) is 19.1 Å². The third-order valence-corrected chi connectivity index (χ3v) is 14.8. The molecule has 61 heavy (non-hydrogen) atoms. The molecule has 4 nitrogen and oxygen atoms in total. The molecule has 0 bridgehead atoms. The van der Waals surface area contributed by atoms with Crippen molar-refractivity contribution in [3.63, 3.8) is 0 Å². The van der Waals surface area contributed by atoms with E-state index in [9.17, 15) is 14.7 Å². The van der Waals surface area contributed by atoms with Crippen molar-refractivity contribution in [1.29, 1.82) is 0 Å². The summed E-state index contributed by atoms with van der Waals surface area (Å²) in [5.41, 5.74) is 7.71. The number of carboxylic acid groups (broad SMARTS) is 1. The van der Waals surface area contributed by atoms with E-state index in [-0.39, 0.29) is 21.8 Å². The molecule has 0 radical (unpaired) electrons. The Kier molecular flexibility index (Phi) is 18.2. The maximum atomic E-state index is 13.4. The smallest absolute Gasteiger partial charge is 0.303 e. The van der Waals surface area contributed by atoms with Crippen LogP contribution in [0, 0.1) is 0 Å². The van der Waals surface area contributed by atoms with E-state index in [2.05, 4.69) is 182 Å². The van der Waals surface area contributed by atoms with E-state index in [4.69, 9.17) is 0 Å². The number of aliphatic carboxylic acids is 1. The minimum Gasteiger partial charge on any atom is -0.481 e. The Morgan fingerprint density at radius 2 is 0.656 bits per heavy atom. The highest BCUT2D eigenvalue weighted by molar-refractivity contribution is 8.00. The first-order chi connectivity index (χ1) is 30.0. The van der Waals surface area contributed by atoms with Gasteiger partial charge in [0.25, 0.3) is 0 Å². The quantitative estimate of drug-likeness (QED) is 0.0435. The van der Waals surface area contributed by atoms with Crippen LogP contribution in [0.2, 0.25) is 0 Å². The van der Waals surface area contributed by atoms with Crippen LogP contribution in [0.1, 0.15) is 104 Å². The van der Waals surface area contributed by atoms with Crippen molar-refractivity contribution in [2.75, 3.05) is 24.6 Å². The van der Waals surface area contributed by atoms with Gasteiger partial charge in [-0.1, -0.05) is 208 Å². The van der Waals surface area contributed by atoms with Gasteiger partial charge < -0.3 is 10.0 Å². The summed E-state index contributed by atoms with van der Waals surface area (Å²) in [7, 11) is 0. The Morgan fingerprint density at radius 3 is 0.934 bits per heavy atom. The predicted molar refractivity (Wildman–Crippen MR) is 258 cm³/mol. The monoisotopic (exact) mass is 847 g/mol. The van der Waals surface area contributed by atoms with Crippen molar-refractivity contribution in [2.24, 2.45) is 0 Å². The van der Waals surface area contributed by atoms with E-state index >= 15 is 0 Å². The van der Waals surface area contributed by atoms with E-state index in [0.29, 0.717) is 12.8 Å². The molecule has 1 amide bonds. The topological polar surface area (TPSA) is 57.6 Å². The maximum Gasteiger partial charge on any atom is 0.303 e. The van der Waals surface area contributed by atoms with Gasteiger partial charge in [-0.2, -0.15) is 0 Å². The van der Waals surface area contributed by atoms with Crippen LogP contribution in [0.25, 0.3) is 0 Å². The van der Waals surface area contributed by atoms with Gasteiger partial charge in [-0.05, 0) is 77.0 Å². The molecule has 6 heteroatoms. The van der Waals surface area contributed by atoms with Crippen LogP contribution >= 0.6 is 23.5 Å². The van der Waals surface area contributed by atoms with Gasteiger partial charge in [0, 0.05) is 25.9 Å². The van der Waals surface area contributed by atoms with Crippen LogP contribution in [0.3, 0.4) is 0 Å². The third-order valence-electron chi connectivity index (χ3n) is 11.5. The fourth-order valence-corrected chi connectivity index (χ4v) is 11.5. The SMILES string of the molecule is O=C(O)CCCC(=O)N(CCCCCCSC(c1ccccc1)(c1ccccc1)c1ccccc1)CCCCCCSC(c1ccccc1)(c1ccccc1)c1ccccc1. The Morgan fingerprint density at radius 1 is 0.377 bits per heavy atom. The summed E-state index contributed by atoms with van der Waals surface area (Å²) < 4.78 is -0.618. The molecular formula is C55H61NO3S2. The number of carbonyl (C=O) groups excluding carboxylic acids is 1. The zero-order chi connectivity index (χ0) is 42.4. The summed E-state index contributed by atoms with van der Waals surface area (Å²) in [4.78, 5) is 26.7. The molecule has 0 heterocycles. The predicted octanol–water partition coefficient (Wildman–Crippen LogP) is 13.6. The van der Waals surface area contributed by atoms with Crippen LogP contribution in [0.15, 0.2) is 182 Å². The number of hydrogen-bond acceptors (Lipinski definition) is 4. The number of benzene rings is 6. The van der Waals surface area contributed by atoms with E-state index < -0.39 is 5.97 Å². The Hall–Kier alpha value is -5.04. The van der Waals surface area contributed by atoms with Gasteiger partial charge >= 0.3 is 5.97 Å². The molecule has 0 aromatic heterocycles. The zero-order valence-electron chi connectivity index (χ0n) is 35.5. The van der Waals surface area contributed by atoms with Gasteiger partial charge in [0.1, 0.15) is 0 Å². The summed E-state index contributed by atoms with van der Waals surface area (Å²) in [6.45, 7) is 1.45. The summed E-state index contributed by atoms with van der Waals surface area (Å²) in [6, 6.07) is 65.2. The Labute approximate surface area is 373 Å². The summed E-state index contributed by atoms with van der Waals surface area (Å²) in [6.07, 6.45) is 9.08. The third kappa shape index (κ3) is 12.5. The van der Waals surface area contributed by atoms with Crippen molar-refractivity contribution < 1.29 is 14.7 Å². The van der Waals surface area contributed by atoms with E-state index in [0.717, 1.165) is 76.0 Å². The summed E-state index contributed by atoms with van der Waals surface area (Å²) in [5, 5.41) is 9.21. The van der Waals surface area contributed by atoms with Gasteiger partial charge in [0.15, 0.2) is 0 Å². The van der Waals surface area contributed by atoms with Crippen LogP contribution in [-0.4, -0.2) is 46.5 Å². The van der Waals surface area contributed by atoms with Crippen molar-refractivity contribution >= 4 is 35.4 Å². The second kappa shape index (κ2) is 24.4. The lowest BCUT2D eigenvalue weighted by molar-refractivity contribution is -0.137. The lowest BCUT2D eigenvalue weighted by Crippen LogP contribution is -2.33. The number of carboxylic acids is 1. The number of nitrogens with zero attached hydrogens (tertiary/aromatic N) is 1. The number of carbonyl (C=O) groups is 2.